The average molecular weight is 320 g/mol. The molecule has 0 aliphatic rings. The van der Waals surface area contributed by atoms with Crippen LogP contribution in [0.25, 0.3) is 0 Å². The number of phenols is 1. The van der Waals surface area contributed by atoms with E-state index < -0.39 is 0 Å². The van der Waals surface area contributed by atoms with Gasteiger partial charge >= 0.3 is 0 Å². The Bertz CT molecular complexity index is 568. The minimum Gasteiger partial charge on any atom is -0.508 e. The highest BCUT2D eigenvalue weighted by Crippen LogP contribution is 2.24. The SMILES string of the molecule is Cc1ccc(O)c(CN[C@@H](C)c2ccccc2Br)c1. The van der Waals surface area contributed by atoms with Crippen LogP contribution < -0.4 is 5.32 Å². The molecule has 19 heavy (non-hydrogen) atoms. The molecule has 2 aromatic rings. The summed E-state index contributed by atoms with van der Waals surface area (Å²) in [5, 5.41) is 13.3. The molecule has 0 aliphatic heterocycles. The molecule has 0 amide bonds. The van der Waals surface area contributed by atoms with Gasteiger partial charge in [0.1, 0.15) is 5.75 Å². The van der Waals surface area contributed by atoms with E-state index in [2.05, 4.69) is 34.2 Å². The van der Waals surface area contributed by atoms with Crippen molar-refractivity contribution in [2.75, 3.05) is 0 Å². The van der Waals surface area contributed by atoms with Crippen molar-refractivity contribution in [2.45, 2.75) is 26.4 Å². The lowest BCUT2D eigenvalue weighted by molar-refractivity contribution is 0.460. The highest BCUT2D eigenvalue weighted by Gasteiger charge is 2.09. The third kappa shape index (κ3) is 3.58. The standard InChI is InChI=1S/C16H18BrNO/c1-11-7-8-16(19)13(9-11)10-18-12(2)14-5-3-4-6-15(14)17/h3-9,12,18-19H,10H2,1-2H3/t12-/m0/s1. The second kappa shape index (κ2) is 6.22. The van der Waals surface area contributed by atoms with Gasteiger partial charge in [0.15, 0.2) is 0 Å². The summed E-state index contributed by atoms with van der Waals surface area (Å²) in [6.07, 6.45) is 0. The van der Waals surface area contributed by atoms with Crippen molar-refractivity contribution in [2.24, 2.45) is 0 Å². The molecule has 0 saturated carbocycles. The molecule has 100 valence electrons. The van der Waals surface area contributed by atoms with Crippen LogP contribution in [0.15, 0.2) is 46.9 Å². The Balaban J connectivity index is 2.06. The summed E-state index contributed by atoms with van der Waals surface area (Å²) >= 11 is 3.56. The molecule has 0 unspecified atom stereocenters. The molecule has 2 aromatic carbocycles. The maximum atomic E-state index is 9.82. The molecule has 0 saturated heterocycles. The first-order chi connectivity index (χ1) is 9.08. The first-order valence-electron chi connectivity index (χ1n) is 6.34. The number of halogens is 1. The summed E-state index contributed by atoms with van der Waals surface area (Å²) in [5.41, 5.74) is 3.30. The van der Waals surface area contributed by atoms with E-state index >= 15 is 0 Å². The summed E-state index contributed by atoms with van der Waals surface area (Å²) in [7, 11) is 0. The van der Waals surface area contributed by atoms with Gasteiger partial charge in [-0.25, -0.2) is 0 Å². The van der Waals surface area contributed by atoms with Crippen molar-refractivity contribution in [3.05, 3.63) is 63.6 Å². The molecule has 0 spiro atoms. The number of rotatable bonds is 4. The maximum absolute atomic E-state index is 9.82. The highest BCUT2D eigenvalue weighted by atomic mass is 79.9. The lowest BCUT2D eigenvalue weighted by atomic mass is 10.1. The monoisotopic (exact) mass is 319 g/mol. The zero-order valence-corrected chi connectivity index (χ0v) is 12.7. The number of hydrogen-bond acceptors (Lipinski definition) is 2. The smallest absolute Gasteiger partial charge is 0.120 e. The summed E-state index contributed by atoms with van der Waals surface area (Å²) in [5.74, 6) is 0.345. The minimum absolute atomic E-state index is 0.218. The van der Waals surface area contributed by atoms with Gasteiger partial charge < -0.3 is 10.4 Å². The van der Waals surface area contributed by atoms with Crippen LogP contribution >= 0.6 is 15.9 Å². The number of benzene rings is 2. The molecule has 3 heteroatoms. The molecule has 0 fully saturated rings. The molecule has 0 aliphatic carbocycles. The van der Waals surface area contributed by atoms with Crippen LogP contribution in [0.5, 0.6) is 5.75 Å². The van der Waals surface area contributed by atoms with Crippen LogP contribution in [0.4, 0.5) is 0 Å². The summed E-state index contributed by atoms with van der Waals surface area (Å²) < 4.78 is 1.10. The maximum Gasteiger partial charge on any atom is 0.120 e. The molecule has 0 bridgehead atoms. The molecular weight excluding hydrogens is 302 g/mol. The third-order valence-corrected chi connectivity index (χ3v) is 3.93. The Kier molecular flexibility index (Phi) is 4.61. The predicted molar refractivity (Wildman–Crippen MR) is 82.2 cm³/mol. The highest BCUT2D eigenvalue weighted by molar-refractivity contribution is 9.10. The van der Waals surface area contributed by atoms with Crippen molar-refractivity contribution in [1.29, 1.82) is 0 Å². The zero-order valence-electron chi connectivity index (χ0n) is 11.2. The van der Waals surface area contributed by atoms with Crippen molar-refractivity contribution >= 4 is 15.9 Å². The van der Waals surface area contributed by atoms with Crippen LogP contribution in [0.1, 0.15) is 29.7 Å². The van der Waals surface area contributed by atoms with E-state index in [-0.39, 0.29) is 6.04 Å². The van der Waals surface area contributed by atoms with Gasteiger partial charge in [-0.1, -0.05) is 51.8 Å². The third-order valence-electron chi connectivity index (χ3n) is 3.21. The topological polar surface area (TPSA) is 32.3 Å². The van der Waals surface area contributed by atoms with E-state index in [1.165, 1.54) is 5.56 Å². The van der Waals surface area contributed by atoms with Gasteiger partial charge in [-0.3, -0.25) is 0 Å². The minimum atomic E-state index is 0.218. The van der Waals surface area contributed by atoms with E-state index in [9.17, 15) is 5.11 Å². The van der Waals surface area contributed by atoms with Gasteiger partial charge in [0.2, 0.25) is 0 Å². The van der Waals surface area contributed by atoms with Crippen LogP contribution in [0, 0.1) is 6.92 Å². The van der Waals surface area contributed by atoms with Crippen LogP contribution in [-0.2, 0) is 6.54 Å². The van der Waals surface area contributed by atoms with Crippen molar-refractivity contribution in [3.8, 4) is 5.75 Å². The Morgan fingerprint density at radius 2 is 1.95 bits per heavy atom. The van der Waals surface area contributed by atoms with E-state index in [0.29, 0.717) is 12.3 Å². The summed E-state index contributed by atoms with van der Waals surface area (Å²) in [6.45, 7) is 4.79. The Labute approximate surface area is 122 Å². The molecule has 2 N–H and O–H groups in total. The first-order valence-corrected chi connectivity index (χ1v) is 7.13. The number of phenolic OH excluding ortho intramolecular Hbond substituents is 1. The van der Waals surface area contributed by atoms with Gasteiger partial charge in [0.25, 0.3) is 0 Å². The second-order valence-electron chi connectivity index (χ2n) is 4.76. The summed E-state index contributed by atoms with van der Waals surface area (Å²) in [4.78, 5) is 0. The van der Waals surface area contributed by atoms with E-state index in [1.54, 1.807) is 6.07 Å². The van der Waals surface area contributed by atoms with Gasteiger partial charge in [0.05, 0.1) is 0 Å². The largest absolute Gasteiger partial charge is 0.508 e. The molecule has 2 rings (SSSR count). The fourth-order valence-electron chi connectivity index (χ4n) is 2.06. The number of hydrogen-bond donors (Lipinski definition) is 2. The van der Waals surface area contributed by atoms with Gasteiger partial charge in [0, 0.05) is 22.6 Å². The van der Waals surface area contributed by atoms with E-state index in [1.807, 2.05) is 37.3 Å². The Morgan fingerprint density at radius 3 is 2.68 bits per heavy atom. The second-order valence-corrected chi connectivity index (χ2v) is 5.61. The number of aromatic hydroxyl groups is 1. The average Bonchev–Trinajstić information content (AvgIpc) is 2.40. The van der Waals surface area contributed by atoms with Gasteiger partial charge in [-0.2, -0.15) is 0 Å². The van der Waals surface area contributed by atoms with Crippen molar-refractivity contribution in [1.82, 2.24) is 5.32 Å². The van der Waals surface area contributed by atoms with Gasteiger partial charge in [-0.15, -0.1) is 0 Å². The van der Waals surface area contributed by atoms with E-state index in [0.717, 1.165) is 15.6 Å². The Hall–Kier alpha value is -1.32. The summed E-state index contributed by atoms with van der Waals surface area (Å²) in [6, 6.07) is 14.1. The predicted octanol–water partition coefficient (Wildman–Crippen LogP) is 4.31. The van der Waals surface area contributed by atoms with Crippen molar-refractivity contribution in [3.63, 3.8) is 0 Å². The Morgan fingerprint density at radius 1 is 1.21 bits per heavy atom. The normalized spacial score (nSPS) is 12.4. The molecule has 0 radical (unpaired) electrons. The molecular formula is C16H18BrNO. The fraction of sp³-hybridized carbons (Fsp3) is 0.250. The molecule has 1 atom stereocenters. The molecule has 0 aromatic heterocycles. The number of nitrogens with one attached hydrogen (secondary N) is 1. The zero-order chi connectivity index (χ0) is 13.8. The van der Waals surface area contributed by atoms with Crippen LogP contribution in [-0.4, -0.2) is 5.11 Å². The lowest BCUT2D eigenvalue weighted by Gasteiger charge is -2.16. The van der Waals surface area contributed by atoms with Crippen molar-refractivity contribution < 1.29 is 5.11 Å². The quantitative estimate of drug-likeness (QED) is 0.879. The van der Waals surface area contributed by atoms with Crippen LogP contribution in [0.3, 0.4) is 0 Å². The van der Waals surface area contributed by atoms with Crippen LogP contribution in [0.2, 0.25) is 0 Å². The molecule has 2 nitrogen and oxygen atoms in total. The first kappa shape index (κ1) is 14.1. The number of aryl methyl sites for hydroxylation is 1. The van der Waals surface area contributed by atoms with E-state index in [4.69, 9.17) is 0 Å². The molecule has 0 heterocycles. The fourth-order valence-corrected chi connectivity index (χ4v) is 2.68. The lowest BCUT2D eigenvalue weighted by Crippen LogP contribution is -2.18. The van der Waals surface area contributed by atoms with Gasteiger partial charge in [-0.05, 0) is 31.5 Å².